The van der Waals surface area contributed by atoms with E-state index >= 15 is 0 Å². The first kappa shape index (κ1) is 20.1. The minimum Gasteiger partial charge on any atom is -0.341 e. The Morgan fingerprint density at radius 2 is 1.72 bits per heavy atom. The Kier molecular flexibility index (Phi) is 6.29. The van der Waals surface area contributed by atoms with Crippen molar-refractivity contribution in [2.45, 2.75) is 6.42 Å². The van der Waals surface area contributed by atoms with Crippen molar-refractivity contribution in [3.05, 3.63) is 95.3 Å². The average molecular weight is 395 g/mol. The summed E-state index contributed by atoms with van der Waals surface area (Å²) in [4.78, 5) is 30.6. The molecular formula is C22H19F2N3O2. The monoisotopic (exact) mass is 395 g/mol. The predicted octanol–water partition coefficient (Wildman–Crippen LogP) is 3.93. The fraction of sp³-hybridized carbons (Fsp3) is 0.136. The normalized spacial score (nSPS) is 10.4. The molecule has 0 spiro atoms. The lowest BCUT2D eigenvalue weighted by Crippen LogP contribution is -2.29. The van der Waals surface area contributed by atoms with E-state index in [0.29, 0.717) is 24.6 Å². The minimum absolute atomic E-state index is 0.136. The van der Waals surface area contributed by atoms with Crippen LogP contribution in [0.3, 0.4) is 0 Å². The Balaban J connectivity index is 1.67. The second kappa shape index (κ2) is 9.05. The molecule has 2 aromatic carbocycles. The third kappa shape index (κ3) is 5.22. The van der Waals surface area contributed by atoms with E-state index in [1.54, 1.807) is 36.5 Å². The Bertz CT molecular complexity index is 1030. The highest BCUT2D eigenvalue weighted by molar-refractivity contribution is 6.06. The van der Waals surface area contributed by atoms with Gasteiger partial charge in [-0.05, 0) is 54.4 Å². The van der Waals surface area contributed by atoms with E-state index in [2.05, 4.69) is 10.3 Å². The molecule has 0 aliphatic carbocycles. The van der Waals surface area contributed by atoms with Crippen molar-refractivity contribution in [2.75, 3.05) is 18.9 Å². The minimum atomic E-state index is -0.874. The average Bonchev–Trinajstić information content (AvgIpc) is 2.74. The molecule has 0 saturated carbocycles. The lowest BCUT2D eigenvalue weighted by molar-refractivity contribution is 0.0796. The Morgan fingerprint density at radius 1 is 1.00 bits per heavy atom. The molecule has 0 unspecified atom stereocenters. The highest BCUT2D eigenvalue weighted by atomic mass is 19.1. The molecule has 7 heteroatoms. The van der Waals surface area contributed by atoms with E-state index in [0.717, 1.165) is 17.7 Å². The summed E-state index contributed by atoms with van der Waals surface area (Å²) in [7, 11) is 1.68. The van der Waals surface area contributed by atoms with Crippen LogP contribution in [0.1, 0.15) is 26.3 Å². The highest BCUT2D eigenvalue weighted by Crippen LogP contribution is 2.17. The molecule has 1 N–H and O–H groups in total. The molecule has 0 radical (unpaired) electrons. The van der Waals surface area contributed by atoms with Crippen LogP contribution in [0.15, 0.2) is 67.0 Å². The first-order valence-electron chi connectivity index (χ1n) is 8.95. The third-order valence-electron chi connectivity index (χ3n) is 4.38. The SMILES string of the molecule is CN(CCc1ccncc1)C(=O)c1cccc(C(=O)Nc2ccc(F)cc2F)c1. The van der Waals surface area contributed by atoms with E-state index in [1.807, 2.05) is 12.1 Å². The van der Waals surface area contributed by atoms with E-state index in [9.17, 15) is 18.4 Å². The predicted molar refractivity (Wildman–Crippen MR) is 106 cm³/mol. The number of likely N-dealkylation sites (N-methyl/N-ethyl adjacent to an activating group) is 1. The molecule has 1 heterocycles. The molecule has 3 rings (SSSR count). The third-order valence-corrected chi connectivity index (χ3v) is 4.38. The van der Waals surface area contributed by atoms with Gasteiger partial charge in [0.25, 0.3) is 11.8 Å². The number of nitrogens with one attached hydrogen (secondary N) is 1. The van der Waals surface area contributed by atoms with Crippen molar-refractivity contribution in [3.8, 4) is 0 Å². The summed E-state index contributed by atoms with van der Waals surface area (Å²) >= 11 is 0. The van der Waals surface area contributed by atoms with Gasteiger partial charge in [0.2, 0.25) is 0 Å². The van der Waals surface area contributed by atoms with Crippen LogP contribution in [0.5, 0.6) is 0 Å². The fourth-order valence-corrected chi connectivity index (χ4v) is 2.75. The number of hydrogen-bond acceptors (Lipinski definition) is 3. The van der Waals surface area contributed by atoms with Gasteiger partial charge in [0.15, 0.2) is 0 Å². The number of carbonyl (C=O) groups excluding carboxylic acids is 2. The number of aromatic nitrogens is 1. The van der Waals surface area contributed by atoms with Gasteiger partial charge in [-0.3, -0.25) is 14.6 Å². The molecule has 0 bridgehead atoms. The Labute approximate surface area is 167 Å². The highest BCUT2D eigenvalue weighted by Gasteiger charge is 2.15. The summed E-state index contributed by atoms with van der Waals surface area (Å²) < 4.78 is 26.7. The zero-order valence-corrected chi connectivity index (χ0v) is 15.7. The summed E-state index contributed by atoms with van der Waals surface area (Å²) in [5, 5.41) is 2.38. The van der Waals surface area contributed by atoms with Gasteiger partial charge >= 0.3 is 0 Å². The molecular weight excluding hydrogens is 376 g/mol. The first-order valence-corrected chi connectivity index (χ1v) is 8.95. The summed E-state index contributed by atoms with van der Waals surface area (Å²) in [6.07, 6.45) is 4.07. The van der Waals surface area contributed by atoms with Crippen molar-refractivity contribution in [1.82, 2.24) is 9.88 Å². The van der Waals surface area contributed by atoms with Crippen LogP contribution in [-0.2, 0) is 6.42 Å². The van der Waals surface area contributed by atoms with Crippen LogP contribution in [-0.4, -0.2) is 35.3 Å². The second-order valence-corrected chi connectivity index (χ2v) is 6.49. The quantitative estimate of drug-likeness (QED) is 0.688. The largest absolute Gasteiger partial charge is 0.341 e. The summed E-state index contributed by atoms with van der Waals surface area (Å²) in [6.45, 7) is 0.500. The van der Waals surface area contributed by atoms with Crippen LogP contribution in [0, 0.1) is 11.6 Å². The number of carbonyl (C=O) groups is 2. The van der Waals surface area contributed by atoms with Crippen molar-refractivity contribution >= 4 is 17.5 Å². The lowest BCUT2D eigenvalue weighted by atomic mass is 10.1. The van der Waals surface area contributed by atoms with Crippen molar-refractivity contribution < 1.29 is 18.4 Å². The second-order valence-electron chi connectivity index (χ2n) is 6.49. The maximum atomic E-state index is 13.7. The molecule has 0 saturated heterocycles. The van der Waals surface area contributed by atoms with Crippen LogP contribution < -0.4 is 5.32 Å². The van der Waals surface area contributed by atoms with E-state index in [-0.39, 0.29) is 17.2 Å². The molecule has 0 aliphatic rings. The van der Waals surface area contributed by atoms with Gasteiger partial charge < -0.3 is 10.2 Å². The molecule has 5 nitrogen and oxygen atoms in total. The number of benzene rings is 2. The zero-order chi connectivity index (χ0) is 20.8. The molecule has 2 amide bonds. The van der Waals surface area contributed by atoms with Crippen LogP contribution in [0.2, 0.25) is 0 Å². The van der Waals surface area contributed by atoms with E-state index < -0.39 is 17.5 Å². The number of nitrogens with zero attached hydrogens (tertiary/aromatic N) is 2. The molecule has 0 fully saturated rings. The topological polar surface area (TPSA) is 62.3 Å². The summed E-state index contributed by atoms with van der Waals surface area (Å²) in [5.41, 5.74) is 1.47. The van der Waals surface area contributed by atoms with Crippen LogP contribution in [0.25, 0.3) is 0 Å². The van der Waals surface area contributed by atoms with Gasteiger partial charge in [-0.15, -0.1) is 0 Å². The molecule has 29 heavy (non-hydrogen) atoms. The lowest BCUT2D eigenvalue weighted by Gasteiger charge is -2.17. The number of halogens is 2. The molecule has 0 atom stereocenters. The van der Waals surface area contributed by atoms with Gasteiger partial charge in [0, 0.05) is 43.2 Å². The van der Waals surface area contributed by atoms with Crippen molar-refractivity contribution in [3.63, 3.8) is 0 Å². The molecule has 0 aliphatic heterocycles. The van der Waals surface area contributed by atoms with Crippen molar-refractivity contribution in [1.29, 1.82) is 0 Å². The molecule has 148 valence electrons. The zero-order valence-electron chi connectivity index (χ0n) is 15.7. The van der Waals surface area contributed by atoms with E-state index in [4.69, 9.17) is 0 Å². The van der Waals surface area contributed by atoms with Gasteiger partial charge in [0.05, 0.1) is 5.69 Å². The number of pyridine rings is 1. The Hall–Kier alpha value is -3.61. The van der Waals surface area contributed by atoms with E-state index in [1.165, 1.54) is 12.1 Å². The van der Waals surface area contributed by atoms with Crippen LogP contribution >= 0.6 is 0 Å². The maximum absolute atomic E-state index is 13.7. The molecule has 3 aromatic rings. The number of anilines is 1. The fourth-order valence-electron chi connectivity index (χ4n) is 2.75. The van der Waals surface area contributed by atoms with Crippen molar-refractivity contribution in [2.24, 2.45) is 0 Å². The standard InChI is InChI=1S/C22H19F2N3O2/c1-27(12-9-15-7-10-25-11-8-15)22(29)17-4-2-3-16(13-17)21(28)26-20-6-5-18(23)14-19(20)24/h2-8,10-11,13-14H,9,12H2,1H3,(H,26,28). The van der Waals surface area contributed by atoms with Gasteiger partial charge in [-0.1, -0.05) is 6.07 Å². The maximum Gasteiger partial charge on any atom is 0.255 e. The van der Waals surface area contributed by atoms with Gasteiger partial charge in [-0.2, -0.15) is 0 Å². The number of amides is 2. The first-order chi connectivity index (χ1) is 13.9. The Morgan fingerprint density at radius 3 is 2.45 bits per heavy atom. The van der Waals surface area contributed by atoms with Gasteiger partial charge in [-0.25, -0.2) is 8.78 Å². The number of rotatable bonds is 6. The van der Waals surface area contributed by atoms with Gasteiger partial charge in [0.1, 0.15) is 11.6 Å². The van der Waals surface area contributed by atoms with Crippen LogP contribution in [0.4, 0.5) is 14.5 Å². The number of hydrogen-bond donors (Lipinski definition) is 1. The summed E-state index contributed by atoms with van der Waals surface area (Å²) in [6, 6.07) is 12.8. The molecule has 1 aromatic heterocycles. The smallest absolute Gasteiger partial charge is 0.255 e. The summed E-state index contributed by atoms with van der Waals surface area (Å²) in [5.74, 6) is -2.43.